The maximum Gasteiger partial charge on any atom is 0.225 e. The molecule has 2 aromatic rings. The number of H-pyrrole nitrogens is 1. The fraction of sp³-hybridized carbons (Fsp3) is 0.522. The van der Waals surface area contributed by atoms with Gasteiger partial charge in [0.05, 0.1) is 6.07 Å². The molecule has 3 aliphatic rings. The van der Waals surface area contributed by atoms with Crippen molar-refractivity contribution in [2.75, 3.05) is 6.54 Å². The van der Waals surface area contributed by atoms with Gasteiger partial charge in [0.2, 0.25) is 12.3 Å². The maximum absolute atomic E-state index is 12.8. The lowest BCUT2D eigenvalue weighted by molar-refractivity contribution is -0.137. The van der Waals surface area contributed by atoms with Crippen LogP contribution in [0.1, 0.15) is 56.2 Å². The number of fused-ring (bicyclic) bond motifs is 3. The molecule has 1 aliphatic heterocycles. The van der Waals surface area contributed by atoms with Gasteiger partial charge in [0.15, 0.2) is 0 Å². The second-order valence-corrected chi connectivity index (χ2v) is 9.49. The number of rotatable bonds is 3. The topological polar surface area (TPSA) is 89.0 Å². The zero-order chi connectivity index (χ0) is 21.1. The third kappa shape index (κ3) is 4.39. The van der Waals surface area contributed by atoms with Crippen molar-refractivity contribution in [2.24, 2.45) is 5.92 Å². The van der Waals surface area contributed by atoms with Gasteiger partial charge in [-0.25, -0.2) is 0 Å². The second-order valence-electron chi connectivity index (χ2n) is 8.57. The molecule has 0 unspecified atom stereocenters. The molecule has 0 bridgehead atoms. The van der Waals surface area contributed by atoms with Crippen LogP contribution in [0.3, 0.4) is 0 Å². The highest BCUT2D eigenvalue weighted by Crippen LogP contribution is 2.33. The Morgan fingerprint density at radius 1 is 1.30 bits per heavy atom. The lowest BCUT2D eigenvalue weighted by atomic mass is 9.87. The van der Waals surface area contributed by atoms with Crippen LogP contribution < -0.4 is 5.32 Å². The van der Waals surface area contributed by atoms with E-state index < -0.39 is 5.54 Å². The average Bonchev–Trinajstić information content (AvgIpc) is 3.47. The molecule has 0 radical (unpaired) electrons. The number of nitrogens with one attached hydrogen (secondary N) is 2. The number of carbonyl (C=O) groups is 2. The van der Waals surface area contributed by atoms with Crippen LogP contribution in [-0.4, -0.2) is 34.3 Å². The Morgan fingerprint density at radius 3 is 2.70 bits per heavy atom. The highest BCUT2D eigenvalue weighted by Gasteiger charge is 2.42. The number of halogens is 1. The third-order valence-corrected chi connectivity index (χ3v) is 7.00. The van der Waals surface area contributed by atoms with E-state index >= 15 is 0 Å². The first-order valence-corrected chi connectivity index (χ1v) is 11.5. The fourth-order valence-corrected chi connectivity index (χ4v) is 4.87. The molecule has 2 aliphatic carbocycles. The summed E-state index contributed by atoms with van der Waals surface area (Å²) >= 11 is 3.56. The number of benzene rings is 1. The van der Waals surface area contributed by atoms with Crippen LogP contribution in [0.2, 0.25) is 0 Å². The van der Waals surface area contributed by atoms with Crippen LogP contribution in [0.4, 0.5) is 0 Å². The SMILES string of the molecule is N#CC1(NC=O)CC1.O=C(C1CCCCC1)N1CCc2[nH]c3ccc(Br)cc3c2C1. The molecule has 2 N–H and O–H groups in total. The van der Waals surface area contributed by atoms with Crippen LogP contribution in [0, 0.1) is 17.2 Å². The normalized spacial score (nSPS) is 19.8. The van der Waals surface area contributed by atoms with Gasteiger partial charge in [-0.2, -0.15) is 5.26 Å². The number of amides is 2. The Morgan fingerprint density at radius 2 is 2.07 bits per heavy atom. The number of nitriles is 1. The highest BCUT2D eigenvalue weighted by molar-refractivity contribution is 9.10. The van der Waals surface area contributed by atoms with Gasteiger partial charge < -0.3 is 15.2 Å². The van der Waals surface area contributed by atoms with Crippen LogP contribution in [-0.2, 0) is 22.6 Å². The van der Waals surface area contributed by atoms with E-state index in [9.17, 15) is 9.59 Å². The number of carbonyl (C=O) groups excluding carboxylic acids is 2. The van der Waals surface area contributed by atoms with Crippen LogP contribution in [0.25, 0.3) is 10.9 Å². The van der Waals surface area contributed by atoms with Gasteiger partial charge in [-0.1, -0.05) is 35.2 Å². The van der Waals surface area contributed by atoms with E-state index in [0.29, 0.717) is 12.3 Å². The van der Waals surface area contributed by atoms with E-state index in [-0.39, 0.29) is 5.92 Å². The Bertz CT molecular complexity index is 983. The van der Waals surface area contributed by atoms with Gasteiger partial charge in [0, 0.05) is 52.1 Å². The summed E-state index contributed by atoms with van der Waals surface area (Å²) in [5.41, 5.74) is 3.33. The fourth-order valence-electron chi connectivity index (χ4n) is 4.51. The van der Waals surface area contributed by atoms with Crippen LogP contribution >= 0.6 is 15.9 Å². The summed E-state index contributed by atoms with van der Waals surface area (Å²) in [4.78, 5) is 28.2. The number of hydrogen-bond donors (Lipinski definition) is 2. The number of hydrogen-bond acceptors (Lipinski definition) is 3. The molecule has 5 rings (SSSR count). The summed E-state index contributed by atoms with van der Waals surface area (Å²) in [6.45, 7) is 1.62. The predicted molar refractivity (Wildman–Crippen MR) is 118 cm³/mol. The van der Waals surface area contributed by atoms with E-state index in [0.717, 1.165) is 49.7 Å². The summed E-state index contributed by atoms with van der Waals surface area (Å²) in [5.74, 6) is 0.655. The monoisotopic (exact) mass is 470 g/mol. The molecular weight excluding hydrogens is 444 g/mol. The third-order valence-electron chi connectivity index (χ3n) is 6.50. The van der Waals surface area contributed by atoms with Crippen molar-refractivity contribution >= 4 is 39.2 Å². The summed E-state index contributed by atoms with van der Waals surface area (Å²) in [6, 6.07) is 8.36. The summed E-state index contributed by atoms with van der Waals surface area (Å²) < 4.78 is 1.09. The quantitative estimate of drug-likeness (QED) is 0.659. The molecule has 2 saturated carbocycles. The van der Waals surface area contributed by atoms with E-state index in [2.05, 4.69) is 49.3 Å². The van der Waals surface area contributed by atoms with Crippen molar-refractivity contribution < 1.29 is 9.59 Å². The molecule has 7 heteroatoms. The minimum atomic E-state index is -0.470. The predicted octanol–water partition coefficient (Wildman–Crippen LogP) is 4.18. The van der Waals surface area contributed by atoms with Gasteiger partial charge in [-0.3, -0.25) is 9.59 Å². The molecule has 1 aromatic carbocycles. The van der Waals surface area contributed by atoms with Crippen molar-refractivity contribution in [3.63, 3.8) is 0 Å². The lowest BCUT2D eigenvalue weighted by Crippen LogP contribution is -2.40. The molecule has 0 saturated heterocycles. The molecule has 0 spiro atoms. The van der Waals surface area contributed by atoms with Crippen molar-refractivity contribution in [1.29, 1.82) is 5.26 Å². The first-order chi connectivity index (χ1) is 14.5. The maximum atomic E-state index is 12.8. The van der Waals surface area contributed by atoms with Crippen LogP contribution in [0.15, 0.2) is 22.7 Å². The molecule has 6 nitrogen and oxygen atoms in total. The summed E-state index contributed by atoms with van der Waals surface area (Å²) in [6.07, 6.45) is 9.04. The van der Waals surface area contributed by atoms with Gasteiger partial charge in [0.1, 0.15) is 5.54 Å². The highest BCUT2D eigenvalue weighted by atomic mass is 79.9. The molecule has 0 atom stereocenters. The zero-order valence-electron chi connectivity index (χ0n) is 17.0. The first kappa shape index (κ1) is 20.9. The first-order valence-electron chi connectivity index (χ1n) is 10.8. The van der Waals surface area contributed by atoms with E-state index in [1.807, 2.05) is 6.07 Å². The smallest absolute Gasteiger partial charge is 0.225 e. The van der Waals surface area contributed by atoms with E-state index in [1.165, 1.54) is 41.4 Å². The largest absolute Gasteiger partial charge is 0.358 e. The lowest BCUT2D eigenvalue weighted by Gasteiger charge is -2.32. The number of aromatic nitrogens is 1. The van der Waals surface area contributed by atoms with Crippen LogP contribution in [0.5, 0.6) is 0 Å². The number of aromatic amines is 1. The summed E-state index contributed by atoms with van der Waals surface area (Å²) in [5, 5.41) is 12.0. The Balaban J connectivity index is 0.000000230. The van der Waals surface area contributed by atoms with E-state index in [4.69, 9.17) is 5.26 Å². The number of nitrogens with zero attached hydrogens (tertiary/aromatic N) is 2. The molecular formula is C23H27BrN4O2. The summed E-state index contributed by atoms with van der Waals surface area (Å²) in [7, 11) is 0. The second kappa shape index (κ2) is 8.81. The van der Waals surface area contributed by atoms with Crippen molar-refractivity contribution in [2.45, 2.75) is 63.5 Å². The molecule has 30 heavy (non-hydrogen) atoms. The molecule has 158 valence electrons. The standard InChI is InChI=1S/C18H21BrN2O.C5H6N2O/c19-13-6-7-16-14(10-13)15-11-21(9-8-17(15)20-16)18(22)12-4-2-1-3-5-12;6-3-5(1-2-5)7-4-8/h6-7,10,12,20H,1-5,8-9,11H2;4H,1-2H2,(H,7,8). The molecule has 1 aromatic heterocycles. The zero-order valence-corrected chi connectivity index (χ0v) is 18.6. The molecule has 2 amide bonds. The Hall–Kier alpha value is -2.33. The van der Waals surface area contributed by atoms with Gasteiger partial charge >= 0.3 is 0 Å². The average molecular weight is 471 g/mol. The minimum absolute atomic E-state index is 0.271. The van der Waals surface area contributed by atoms with E-state index in [1.54, 1.807) is 0 Å². The van der Waals surface area contributed by atoms with Gasteiger partial charge in [0.25, 0.3) is 0 Å². The van der Waals surface area contributed by atoms with Crippen molar-refractivity contribution in [1.82, 2.24) is 15.2 Å². The Labute approximate surface area is 185 Å². The van der Waals surface area contributed by atoms with Crippen molar-refractivity contribution in [3.8, 4) is 6.07 Å². The Kier molecular flexibility index (Phi) is 6.14. The molecule has 2 heterocycles. The minimum Gasteiger partial charge on any atom is -0.358 e. The van der Waals surface area contributed by atoms with Crippen molar-refractivity contribution in [3.05, 3.63) is 33.9 Å². The molecule has 2 fully saturated rings. The van der Waals surface area contributed by atoms with Gasteiger partial charge in [-0.05, 0) is 43.9 Å². The van der Waals surface area contributed by atoms with Gasteiger partial charge in [-0.15, -0.1) is 0 Å².